The predicted molar refractivity (Wildman–Crippen MR) is 118 cm³/mol. The molecule has 6 heteroatoms. The Morgan fingerprint density at radius 3 is 2.70 bits per heavy atom. The Kier molecular flexibility index (Phi) is 5.77. The van der Waals surface area contributed by atoms with Crippen LogP contribution in [0.2, 0.25) is 0 Å². The summed E-state index contributed by atoms with van der Waals surface area (Å²) in [5.41, 5.74) is 2.88. The molecule has 1 aliphatic heterocycles. The normalized spacial score (nSPS) is 15.6. The topological polar surface area (TPSA) is 47.6 Å². The van der Waals surface area contributed by atoms with E-state index in [2.05, 4.69) is 19.2 Å². The minimum atomic E-state index is -0.303. The number of thiophene rings is 1. The zero-order valence-corrected chi connectivity index (χ0v) is 18.0. The van der Waals surface area contributed by atoms with Crippen LogP contribution in [0.4, 0.5) is 10.1 Å². The zero-order chi connectivity index (χ0) is 21.3. The molecule has 0 aliphatic carbocycles. The summed E-state index contributed by atoms with van der Waals surface area (Å²) in [7, 11) is 1.61. The lowest BCUT2D eigenvalue weighted by molar-refractivity contribution is -0.116. The van der Waals surface area contributed by atoms with Gasteiger partial charge in [-0.3, -0.25) is 4.79 Å². The molecule has 0 radical (unpaired) electrons. The molecule has 156 valence electrons. The van der Waals surface area contributed by atoms with Crippen LogP contribution in [0.3, 0.4) is 0 Å². The van der Waals surface area contributed by atoms with Crippen LogP contribution < -0.4 is 14.8 Å². The maximum absolute atomic E-state index is 14.4. The highest BCUT2D eigenvalue weighted by Crippen LogP contribution is 2.48. The summed E-state index contributed by atoms with van der Waals surface area (Å²) < 4.78 is 25.8. The number of rotatable bonds is 6. The smallest absolute Gasteiger partial charge is 0.225 e. The quantitative estimate of drug-likeness (QED) is 0.521. The summed E-state index contributed by atoms with van der Waals surface area (Å²) in [6, 6.07) is 12.4. The van der Waals surface area contributed by atoms with Gasteiger partial charge in [0.25, 0.3) is 0 Å². The minimum Gasteiger partial charge on any atom is -0.493 e. The molecule has 1 atom stereocenters. The number of carbonyl (C=O) groups excluding carboxylic acids is 1. The van der Waals surface area contributed by atoms with Crippen molar-refractivity contribution in [3.05, 3.63) is 64.1 Å². The molecule has 0 saturated carbocycles. The molecule has 4 rings (SSSR count). The van der Waals surface area contributed by atoms with Gasteiger partial charge in [0, 0.05) is 33.7 Å². The van der Waals surface area contributed by atoms with Crippen LogP contribution in [0.25, 0.3) is 11.1 Å². The first-order valence-electron chi connectivity index (χ1n) is 9.94. The van der Waals surface area contributed by atoms with Crippen molar-refractivity contribution in [2.45, 2.75) is 26.2 Å². The highest BCUT2D eigenvalue weighted by atomic mass is 32.1. The second-order valence-corrected chi connectivity index (χ2v) is 8.70. The van der Waals surface area contributed by atoms with Crippen LogP contribution in [0.5, 0.6) is 11.5 Å². The molecule has 0 spiro atoms. The number of ether oxygens (including phenoxy) is 2. The fourth-order valence-corrected chi connectivity index (χ4v) is 4.80. The summed E-state index contributed by atoms with van der Waals surface area (Å²) >= 11 is 1.54. The van der Waals surface area contributed by atoms with Gasteiger partial charge in [0.1, 0.15) is 5.82 Å². The summed E-state index contributed by atoms with van der Waals surface area (Å²) in [6.45, 7) is 4.78. The van der Waals surface area contributed by atoms with Crippen LogP contribution in [0.1, 0.15) is 36.6 Å². The van der Waals surface area contributed by atoms with Gasteiger partial charge in [-0.2, -0.15) is 0 Å². The minimum absolute atomic E-state index is 0.0809. The maximum atomic E-state index is 14.4. The van der Waals surface area contributed by atoms with Gasteiger partial charge in [0.2, 0.25) is 5.91 Å². The van der Waals surface area contributed by atoms with E-state index in [1.54, 1.807) is 25.3 Å². The van der Waals surface area contributed by atoms with E-state index in [1.807, 2.05) is 23.6 Å². The molecule has 0 fully saturated rings. The second-order valence-electron chi connectivity index (χ2n) is 7.79. The molecule has 0 unspecified atom stereocenters. The Morgan fingerprint density at radius 2 is 1.97 bits per heavy atom. The standard InChI is InChI=1S/C24H24FNO3S/c1-14(2)12-29-20-9-8-15(10-21(20)28-3)17-11-22(27)26-23-18(13-30-24(17)23)16-6-4-5-7-19(16)25/h4-10,13-14,17H,11-12H2,1-3H3,(H,26,27)/t17-/m1/s1. The number of carbonyl (C=O) groups is 1. The number of hydrogen-bond donors (Lipinski definition) is 1. The summed E-state index contributed by atoms with van der Waals surface area (Å²) in [5, 5.41) is 4.87. The largest absolute Gasteiger partial charge is 0.493 e. The van der Waals surface area contributed by atoms with Gasteiger partial charge in [-0.05, 0) is 29.7 Å². The first-order chi connectivity index (χ1) is 14.5. The van der Waals surface area contributed by atoms with Crippen molar-refractivity contribution in [1.82, 2.24) is 0 Å². The van der Waals surface area contributed by atoms with E-state index in [0.29, 0.717) is 41.7 Å². The molecule has 0 saturated heterocycles. The number of methoxy groups -OCH3 is 1. The molecular formula is C24H24FNO3S. The van der Waals surface area contributed by atoms with E-state index in [1.165, 1.54) is 17.4 Å². The first-order valence-corrected chi connectivity index (χ1v) is 10.8. The Morgan fingerprint density at radius 1 is 1.17 bits per heavy atom. The van der Waals surface area contributed by atoms with E-state index >= 15 is 0 Å². The lowest BCUT2D eigenvalue weighted by Gasteiger charge is -2.25. The molecule has 4 nitrogen and oxygen atoms in total. The number of nitrogens with one attached hydrogen (secondary N) is 1. The maximum Gasteiger partial charge on any atom is 0.225 e. The van der Waals surface area contributed by atoms with E-state index in [4.69, 9.17) is 9.47 Å². The Bertz CT molecular complexity index is 1080. The molecule has 1 aliphatic rings. The van der Waals surface area contributed by atoms with Gasteiger partial charge >= 0.3 is 0 Å². The molecule has 3 aromatic rings. The van der Waals surface area contributed by atoms with E-state index in [0.717, 1.165) is 16.0 Å². The molecule has 2 aromatic carbocycles. The number of amides is 1. The molecule has 1 N–H and O–H groups in total. The number of hydrogen-bond acceptors (Lipinski definition) is 4. The van der Waals surface area contributed by atoms with E-state index in [-0.39, 0.29) is 17.6 Å². The monoisotopic (exact) mass is 425 g/mol. The third-order valence-electron chi connectivity index (χ3n) is 5.12. The Hall–Kier alpha value is -2.86. The van der Waals surface area contributed by atoms with Crippen LogP contribution >= 0.6 is 11.3 Å². The van der Waals surface area contributed by atoms with Crippen molar-refractivity contribution in [3.8, 4) is 22.6 Å². The van der Waals surface area contributed by atoms with Crippen molar-refractivity contribution in [2.24, 2.45) is 5.92 Å². The van der Waals surface area contributed by atoms with Crippen LogP contribution in [-0.2, 0) is 4.79 Å². The summed E-state index contributed by atoms with van der Waals surface area (Å²) in [4.78, 5) is 13.5. The number of fused-ring (bicyclic) bond motifs is 1. The van der Waals surface area contributed by atoms with Gasteiger partial charge < -0.3 is 14.8 Å². The van der Waals surface area contributed by atoms with Crippen molar-refractivity contribution in [3.63, 3.8) is 0 Å². The number of benzene rings is 2. The SMILES string of the molecule is COc1cc([C@H]2CC(=O)Nc3c(-c4ccccc4F)csc32)ccc1OCC(C)C. The van der Waals surface area contributed by atoms with E-state index in [9.17, 15) is 9.18 Å². The predicted octanol–water partition coefficient (Wildman–Crippen LogP) is 6.07. The lowest BCUT2D eigenvalue weighted by Crippen LogP contribution is -2.22. The van der Waals surface area contributed by atoms with Crippen molar-refractivity contribution >= 4 is 22.9 Å². The van der Waals surface area contributed by atoms with Gasteiger partial charge in [0.15, 0.2) is 11.5 Å². The molecule has 0 bridgehead atoms. The van der Waals surface area contributed by atoms with Gasteiger partial charge in [-0.15, -0.1) is 11.3 Å². The fourth-order valence-electron chi connectivity index (χ4n) is 3.65. The highest BCUT2D eigenvalue weighted by molar-refractivity contribution is 7.11. The Balaban J connectivity index is 1.72. The lowest BCUT2D eigenvalue weighted by atomic mass is 9.89. The summed E-state index contributed by atoms with van der Waals surface area (Å²) in [6.07, 6.45) is 0.333. The van der Waals surface area contributed by atoms with Crippen LogP contribution in [0.15, 0.2) is 47.8 Å². The zero-order valence-electron chi connectivity index (χ0n) is 17.2. The molecule has 30 heavy (non-hydrogen) atoms. The first kappa shape index (κ1) is 20.4. The number of anilines is 1. The van der Waals surface area contributed by atoms with Crippen LogP contribution in [-0.4, -0.2) is 19.6 Å². The van der Waals surface area contributed by atoms with Crippen LogP contribution in [0, 0.1) is 11.7 Å². The fraction of sp³-hybridized carbons (Fsp3) is 0.292. The van der Waals surface area contributed by atoms with Gasteiger partial charge in [0.05, 0.1) is 19.4 Å². The molecule has 1 amide bonds. The van der Waals surface area contributed by atoms with Gasteiger partial charge in [-0.25, -0.2) is 4.39 Å². The third-order valence-corrected chi connectivity index (χ3v) is 6.21. The average Bonchev–Trinajstić information content (AvgIpc) is 3.15. The van der Waals surface area contributed by atoms with Gasteiger partial charge in [-0.1, -0.05) is 38.1 Å². The second kappa shape index (κ2) is 8.48. The van der Waals surface area contributed by atoms with Crippen molar-refractivity contribution < 1.29 is 18.7 Å². The Labute approximate surface area is 179 Å². The van der Waals surface area contributed by atoms with Crippen molar-refractivity contribution in [2.75, 3.05) is 19.0 Å². The molecule has 2 heterocycles. The van der Waals surface area contributed by atoms with Crippen molar-refractivity contribution in [1.29, 1.82) is 0 Å². The number of halogens is 1. The van der Waals surface area contributed by atoms with E-state index < -0.39 is 0 Å². The summed E-state index contributed by atoms with van der Waals surface area (Å²) in [5.74, 6) is 1.24. The highest BCUT2D eigenvalue weighted by Gasteiger charge is 2.31. The molecular weight excluding hydrogens is 401 g/mol. The molecule has 1 aromatic heterocycles. The third kappa shape index (κ3) is 3.92. The average molecular weight is 426 g/mol.